The normalized spacial score (nSPS) is 12.7. The molecule has 0 aliphatic heterocycles. The van der Waals surface area contributed by atoms with Gasteiger partial charge in [-0.05, 0) is 116 Å². The summed E-state index contributed by atoms with van der Waals surface area (Å²) in [5.41, 5.74) is 16.2. The third kappa shape index (κ3) is 6.98. The van der Waals surface area contributed by atoms with Crippen molar-refractivity contribution in [2.24, 2.45) is 0 Å². The average Bonchev–Trinajstić information content (AvgIpc) is 3.93. The molecular weight excluding hydrogens is 879 g/mol. The lowest BCUT2D eigenvalue weighted by Gasteiger charge is -2.22. The van der Waals surface area contributed by atoms with E-state index in [0.29, 0.717) is 23.3 Å². The van der Waals surface area contributed by atoms with E-state index in [9.17, 15) is 0 Å². The third-order valence-electron chi connectivity index (χ3n) is 14.5. The summed E-state index contributed by atoms with van der Waals surface area (Å²) in [6.07, 6.45) is 0. The van der Waals surface area contributed by atoms with E-state index in [-0.39, 0.29) is 5.41 Å². The molecule has 0 bridgehead atoms. The van der Waals surface area contributed by atoms with Crippen molar-refractivity contribution in [3.63, 3.8) is 0 Å². The van der Waals surface area contributed by atoms with Crippen molar-refractivity contribution in [1.82, 2.24) is 24.9 Å². The highest BCUT2D eigenvalue weighted by Gasteiger charge is 2.36. The Balaban J connectivity index is 0.855. The molecule has 0 atom stereocenters. The van der Waals surface area contributed by atoms with E-state index >= 15 is 0 Å². The number of aromatic nitrogens is 5. The number of nitrogens with zero attached hydrogens (tertiary/aromatic N) is 5. The van der Waals surface area contributed by atoms with Crippen molar-refractivity contribution in [3.05, 3.63) is 236 Å². The van der Waals surface area contributed by atoms with Gasteiger partial charge in [0, 0.05) is 49.6 Å². The number of benzene rings is 10. The quantitative estimate of drug-likeness (QED) is 0.158. The van der Waals surface area contributed by atoms with Gasteiger partial charge >= 0.3 is 0 Å². The van der Waals surface area contributed by atoms with Crippen molar-refractivity contribution in [2.75, 3.05) is 0 Å². The molecule has 6 heteroatoms. The molecule has 338 valence electrons. The molecule has 0 spiro atoms. The minimum atomic E-state index is -0.183. The Labute approximate surface area is 416 Å². The predicted octanol–water partition coefficient (Wildman–Crippen LogP) is 16.8. The van der Waals surface area contributed by atoms with Crippen molar-refractivity contribution in [2.45, 2.75) is 19.3 Å². The molecule has 72 heavy (non-hydrogen) atoms. The van der Waals surface area contributed by atoms with E-state index in [1.165, 1.54) is 33.0 Å². The number of fused-ring (bicyclic) bond motifs is 9. The van der Waals surface area contributed by atoms with Crippen molar-refractivity contribution < 1.29 is 4.42 Å². The monoisotopic (exact) mass is 921 g/mol. The van der Waals surface area contributed by atoms with Gasteiger partial charge in [-0.25, -0.2) is 24.9 Å². The maximum atomic E-state index is 6.36. The van der Waals surface area contributed by atoms with E-state index in [0.717, 1.165) is 88.6 Å². The van der Waals surface area contributed by atoms with Gasteiger partial charge in [0.05, 0.1) is 11.4 Å². The summed E-state index contributed by atoms with van der Waals surface area (Å²) in [6.45, 7) is 4.67. The van der Waals surface area contributed by atoms with Gasteiger partial charge in [-0.3, -0.25) is 0 Å². The first kappa shape index (κ1) is 41.6. The van der Waals surface area contributed by atoms with E-state index in [2.05, 4.69) is 178 Å². The predicted molar refractivity (Wildman–Crippen MR) is 293 cm³/mol. The maximum absolute atomic E-state index is 6.36. The topological polar surface area (TPSA) is 77.6 Å². The first-order valence-electron chi connectivity index (χ1n) is 24.4. The van der Waals surface area contributed by atoms with Gasteiger partial charge in [0.25, 0.3) is 0 Å². The standard InChI is InChI=1S/C66H43N5O/c1-66(2)55-38-48(27-30-52(55)53-35-45-20-9-10-21-46(45)37-56(53)66)58-39-57(67-62(68-58)41-16-5-3-6-17-41)47-24-13-22-43(33-47)44-23-14-25-49(34-44)64-69-63(42-18-7-4-8-19-42)70-65(71-64)50-29-31-59-54(36-50)61-51-26-12-11-15-40(51)28-32-60(61)72-59/h3-39H,1-2H3. The van der Waals surface area contributed by atoms with Gasteiger partial charge in [0.2, 0.25) is 0 Å². The second-order valence-corrected chi connectivity index (χ2v) is 19.3. The minimum Gasteiger partial charge on any atom is -0.456 e. The Morgan fingerprint density at radius 3 is 1.51 bits per heavy atom. The first-order valence-corrected chi connectivity index (χ1v) is 24.4. The van der Waals surface area contributed by atoms with Crippen LogP contribution in [0.4, 0.5) is 0 Å². The molecule has 6 nitrogen and oxygen atoms in total. The molecule has 0 fully saturated rings. The van der Waals surface area contributed by atoms with E-state index in [1.807, 2.05) is 60.7 Å². The Bertz CT molecular complexity index is 4310. The van der Waals surface area contributed by atoms with Crippen molar-refractivity contribution in [1.29, 1.82) is 0 Å². The average molecular weight is 922 g/mol. The summed E-state index contributed by atoms with van der Waals surface area (Å²) in [7, 11) is 0. The number of rotatable bonds is 7. The fraction of sp³-hybridized carbons (Fsp3) is 0.0455. The van der Waals surface area contributed by atoms with E-state index in [4.69, 9.17) is 29.3 Å². The van der Waals surface area contributed by atoms with Gasteiger partial charge < -0.3 is 4.42 Å². The van der Waals surface area contributed by atoms with Crippen LogP contribution in [0.2, 0.25) is 0 Å². The highest BCUT2D eigenvalue weighted by molar-refractivity contribution is 6.19. The van der Waals surface area contributed by atoms with Gasteiger partial charge in [-0.2, -0.15) is 0 Å². The zero-order valence-corrected chi connectivity index (χ0v) is 39.5. The van der Waals surface area contributed by atoms with Crippen LogP contribution in [0.15, 0.2) is 229 Å². The summed E-state index contributed by atoms with van der Waals surface area (Å²) < 4.78 is 6.36. The van der Waals surface area contributed by atoms with Crippen LogP contribution in [0, 0.1) is 0 Å². The van der Waals surface area contributed by atoms with E-state index in [1.54, 1.807) is 0 Å². The summed E-state index contributed by atoms with van der Waals surface area (Å²) in [5.74, 6) is 2.45. The first-order chi connectivity index (χ1) is 35.4. The molecule has 3 aromatic heterocycles. The van der Waals surface area contributed by atoms with Crippen LogP contribution in [-0.2, 0) is 5.41 Å². The SMILES string of the molecule is CC1(C)c2cc(-c3cc(-c4cccc(-c5cccc(-c6nc(-c7ccccc7)nc(-c7ccc8oc9ccc%10ccccc%10c9c8c7)n6)c5)c4)nc(-c4ccccc4)n3)ccc2-c2cc3ccccc3cc21. The lowest BCUT2D eigenvalue weighted by atomic mass is 9.81. The van der Waals surface area contributed by atoms with Crippen LogP contribution in [-0.4, -0.2) is 24.9 Å². The summed E-state index contributed by atoms with van der Waals surface area (Å²) in [6, 6.07) is 78.6. The summed E-state index contributed by atoms with van der Waals surface area (Å²) in [4.78, 5) is 25.9. The molecule has 10 aromatic carbocycles. The number of hydrogen-bond donors (Lipinski definition) is 0. The maximum Gasteiger partial charge on any atom is 0.164 e. The highest BCUT2D eigenvalue weighted by atomic mass is 16.3. The molecule has 0 radical (unpaired) electrons. The van der Waals surface area contributed by atoms with E-state index < -0.39 is 0 Å². The Hall–Kier alpha value is -9.39. The summed E-state index contributed by atoms with van der Waals surface area (Å²) >= 11 is 0. The molecule has 0 N–H and O–H groups in total. The van der Waals surface area contributed by atoms with Gasteiger partial charge in [0.15, 0.2) is 23.3 Å². The highest BCUT2D eigenvalue weighted by Crippen LogP contribution is 2.51. The van der Waals surface area contributed by atoms with Gasteiger partial charge in [0.1, 0.15) is 11.2 Å². The van der Waals surface area contributed by atoms with Crippen LogP contribution in [0.25, 0.3) is 134 Å². The molecular formula is C66H43N5O. The Morgan fingerprint density at radius 1 is 0.306 bits per heavy atom. The largest absolute Gasteiger partial charge is 0.456 e. The molecule has 0 unspecified atom stereocenters. The molecule has 1 aliphatic carbocycles. The molecule has 0 amide bonds. The minimum absolute atomic E-state index is 0.183. The van der Waals surface area contributed by atoms with Crippen LogP contribution < -0.4 is 0 Å². The smallest absolute Gasteiger partial charge is 0.164 e. The lowest BCUT2D eigenvalue weighted by Crippen LogP contribution is -2.15. The zero-order valence-electron chi connectivity index (χ0n) is 39.5. The second-order valence-electron chi connectivity index (χ2n) is 19.3. The Morgan fingerprint density at radius 2 is 0.806 bits per heavy atom. The Kier molecular flexibility index (Phi) is 9.45. The fourth-order valence-corrected chi connectivity index (χ4v) is 10.8. The molecule has 14 rings (SSSR count). The third-order valence-corrected chi connectivity index (χ3v) is 14.5. The van der Waals surface area contributed by atoms with Crippen LogP contribution in [0.3, 0.4) is 0 Å². The van der Waals surface area contributed by atoms with Gasteiger partial charge in [-0.1, -0.05) is 178 Å². The molecule has 0 saturated heterocycles. The molecule has 0 saturated carbocycles. The van der Waals surface area contributed by atoms with Crippen LogP contribution >= 0.6 is 0 Å². The fourth-order valence-electron chi connectivity index (χ4n) is 10.8. The second kappa shape index (κ2) is 16.4. The number of hydrogen-bond acceptors (Lipinski definition) is 6. The van der Waals surface area contributed by atoms with Crippen LogP contribution in [0.1, 0.15) is 25.0 Å². The molecule has 1 aliphatic rings. The van der Waals surface area contributed by atoms with Crippen LogP contribution in [0.5, 0.6) is 0 Å². The van der Waals surface area contributed by atoms with Crippen molar-refractivity contribution >= 4 is 43.5 Å². The summed E-state index contributed by atoms with van der Waals surface area (Å²) in [5, 5.41) is 6.93. The van der Waals surface area contributed by atoms with Crippen molar-refractivity contribution in [3.8, 4) is 90.3 Å². The number of furan rings is 1. The van der Waals surface area contributed by atoms with Gasteiger partial charge in [-0.15, -0.1) is 0 Å². The zero-order chi connectivity index (χ0) is 47.9. The molecule has 13 aromatic rings. The lowest BCUT2D eigenvalue weighted by molar-refractivity contribution is 0.661. The molecule has 3 heterocycles.